The Morgan fingerprint density at radius 1 is 1.27 bits per heavy atom. The number of para-hydroxylation sites is 1. The van der Waals surface area contributed by atoms with Crippen molar-refractivity contribution in [1.29, 1.82) is 0 Å². The largest absolute Gasteiger partial charge is 0.332 e. The van der Waals surface area contributed by atoms with Crippen LogP contribution in [0.1, 0.15) is 28.0 Å². The molecule has 0 radical (unpaired) electrons. The number of nitrogens with zero attached hydrogens (tertiary/aromatic N) is 3. The molecule has 0 fully saturated rings. The van der Waals surface area contributed by atoms with Crippen molar-refractivity contribution < 1.29 is 4.79 Å². The summed E-state index contributed by atoms with van der Waals surface area (Å²) >= 11 is 7.83. The van der Waals surface area contributed by atoms with Gasteiger partial charge < -0.3 is 4.90 Å². The highest BCUT2D eigenvalue weighted by atomic mass is 35.5. The van der Waals surface area contributed by atoms with E-state index in [1.54, 1.807) is 35.3 Å². The fraction of sp³-hybridized carbons (Fsp3) is 0.211. The summed E-state index contributed by atoms with van der Waals surface area (Å²) in [6, 6.07) is 12.5. The van der Waals surface area contributed by atoms with E-state index >= 15 is 0 Å². The summed E-state index contributed by atoms with van der Waals surface area (Å²) in [7, 11) is 0. The van der Waals surface area contributed by atoms with Gasteiger partial charge in [-0.25, -0.2) is 4.68 Å². The molecule has 26 heavy (non-hydrogen) atoms. The molecule has 7 heteroatoms. The monoisotopic (exact) mass is 387 g/mol. The Morgan fingerprint density at radius 3 is 2.69 bits per heavy atom. The molecule has 0 spiro atoms. The molecular formula is C19H18ClN3O2S. The number of aryl methyl sites for hydroxylation is 1. The van der Waals surface area contributed by atoms with Crippen molar-refractivity contribution in [2.24, 2.45) is 0 Å². The van der Waals surface area contributed by atoms with Crippen LogP contribution in [-0.2, 0) is 6.54 Å². The van der Waals surface area contributed by atoms with E-state index in [1.165, 1.54) is 10.7 Å². The molecule has 0 N–H and O–H groups in total. The van der Waals surface area contributed by atoms with E-state index in [1.807, 2.05) is 36.6 Å². The number of hydrogen-bond acceptors (Lipinski definition) is 4. The van der Waals surface area contributed by atoms with Crippen molar-refractivity contribution in [1.82, 2.24) is 14.7 Å². The van der Waals surface area contributed by atoms with Crippen LogP contribution in [0.4, 0.5) is 0 Å². The maximum absolute atomic E-state index is 12.9. The van der Waals surface area contributed by atoms with Crippen molar-refractivity contribution in [2.45, 2.75) is 20.4 Å². The quantitative estimate of drug-likeness (QED) is 0.666. The van der Waals surface area contributed by atoms with Gasteiger partial charge in [0.15, 0.2) is 5.69 Å². The number of hydrogen-bond donors (Lipinski definition) is 0. The maximum atomic E-state index is 12.9. The second-order valence-corrected chi connectivity index (χ2v) is 7.20. The van der Waals surface area contributed by atoms with Crippen LogP contribution in [0, 0.1) is 6.92 Å². The Balaban J connectivity index is 2.01. The number of rotatable bonds is 5. The molecule has 5 nitrogen and oxygen atoms in total. The Bertz CT molecular complexity index is 983. The van der Waals surface area contributed by atoms with Crippen molar-refractivity contribution >= 4 is 28.8 Å². The molecular weight excluding hydrogens is 370 g/mol. The van der Waals surface area contributed by atoms with Crippen molar-refractivity contribution in [2.75, 3.05) is 6.54 Å². The van der Waals surface area contributed by atoms with Gasteiger partial charge in [0.1, 0.15) is 0 Å². The van der Waals surface area contributed by atoms with Gasteiger partial charge in [0.2, 0.25) is 5.43 Å². The first-order valence-electron chi connectivity index (χ1n) is 8.18. The van der Waals surface area contributed by atoms with E-state index in [9.17, 15) is 9.59 Å². The molecule has 0 aliphatic carbocycles. The average molecular weight is 388 g/mol. The lowest BCUT2D eigenvalue weighted by Gasteiger charge is -2.20. The highest BCUT2D eigenvalue weighted by Crippen LogP contribution is 2.20. The third kappa shape index (κ3) is 3.71. The number of benzene rings is 1. The second-order valence-electron chi connectivity index (χ2n) is 5.76. The number of carbonyl (C=O) groups is 1. The second kappa shape index (κ2) is 7.85. The van der Waals surface area contributed by atoms with Gasteiger partial charge in [0.25, 0.3) is 5.91 Å². The SMILES string of the molecule is CCN(Cc1cccs1)C(=O)c1nn(-c2ccccc2Cl)c(C)cc1=O. The standard InChI is InChI=1S/C19H18ClN3O2S/c1-3-22(12-14-7-6-10-26-14)19(25)18-17(24)11-13(2)23(21-18)16-9-5-4-8-15(16)20/h4-11H,3,12H2,1-2H3. The van der Waals surface area contributed by atoms with Gasteiger partial charge in [-0.15, -0.1) is 11.3 Å². The van der Waals surface area contributed by atoms with E-state index in [0.717, 1.165) is 4.88 Å². The van der Waals surface area contributed by atoms with Crippen LogP contribution in [-0.4, -0.2) is 27.1 Å². The molecule has 1 amide bonds. The van der Waals surface area contributed by atoms with Gasteiger partial charge in [-0.2, -0.15) is 5.10 Å². The van der Waals surface area contributed by atoms with Crippen molar-refractivity contribution in [3.8, 4) is 5.69 Å². The summed E-state index contributed by atoms with van der Waals surface area (Å²) in [6.45, 7) is 4.58. The van der Waals surface area contributed by atoms with Crippen LogP contribution in [0.2, 0.25) is 5.02 Å². The molecule has 2 aromatic heterocycles. The van der Waals surface area contributed by atoms with Gasteiger partial charge in [-0.05, 0) is 37.4 Å². The molecule has 0 unspecified atom stereocenters. The first-order valence-corrected chi connectivity index (χ1v) is 9.44. The van der Waals surface area contributed by atoms with Gasteiger partial charge in [-0.3, -0.25) is 9.59 Å². The van der Waals surface area contributed by atoms with E-state index in [2.05, 4.69) is 5.10 Å². The zero-order chi connectivity index (χ0) is 18.7. The molecule has 0 aliphatic heterocycles. The summed E-state index contributed by atoms with van der Waals surface area (Å²) in [5.74, 6) is -0.383. The summed E-state index contributed by atoms with van der Waals surface area (Å²) in [4.78, 5) is 28.0. The predicted molar refractivity (Wildman–Crippen MR) is 104 cm³/mol. The molecule has 3 rings (SSSR count). The normalized spacial score (nSPS) is 10.7. The number of aromatic nitrogens is 2. The predicted octanol–water partition coefficient (Wildman–Crippen LogP) is 3.92. The Hall–Kier alpha value is -2.44. The van der Waals surface area contributed by atoms with E-state index in [0.29, 0.717) is 29.5 Å². The Kier molecular flexibility index (Phi) is 5.54. The topological polar surface area (TPSA) is 55.2 Å². The zero-order valence-electron chi connectivity index (χ0n) is 14.5. The minimum Gasteiger partial charge on any atom is -0.332 e. The first-order chi connectivity index (χ1) is 12.5. The minimum atomic E-state index is -0.388. The van der Waals surface area contributed by atoms with E-state index in [-0.39, 0.29) is 17.0 Å². The highest BCUT2D eigenvalue weighted by molar-refractivity contribution is 7.09. The van der Waals surface area contributed by atoms with Crippen LogP contribution in [0.3, 0.4) is 0 Å². The summed E-state index contributed by atoms with van der Waals surface area (Å²) in [5, 5.41) is 6.79. The molecule has 134 valence electrons. The van der Waals surface area contributed by atoms with Gasteiger partial charge in [0.05, 0.1) is 17.3 Å². The van der Waals surface area contributed by atoms with Crippen molar-refractivity contribution in [3.63, 3.8) is 0 Å². The molecule has 1 aromatic carbocycles. The first kappa shape index (κ1) is 18.4. The zero-order valence-corrected chi connectivity index (χ0v) is 16.0. The smallest absolute Gasteiger partial charge is 0.278 e. The van der Waals surface area contributed by atoms with Crippen LogP contribution >= 0.6 is 22.9 Å². The van der Waals surface area contributed by atoms with E-state index < -0.39 is 0 Å². The van der Waals surface area contributed by atoms with Gasteiger partial charge in [0, 0.05) is 23.2 Å². The Morgan fingerprint density at radius 2 is 2.04 bits per heavy atom. The van der Waals surface area contributed by atoms with Crippen LogP contribution in [0.25, 0.3) is 5.69 Å². The molecule has 2 heterocycles. The number of carbonyl (C=O) groups excluding carboxylic acids is 1. The number of amides is 1. The maximum Gasteiger partial charge on any atom is 0.278 e. The average Bonchev–Trinajstić information content (AvgIpc) is 3.13. The van der Waals surface area contributed by atoms with Crippen LogP contribution in [0.15, 0.2) is 52.6 Å². The van der Waals surface area contributed by atoms with Crippen LogP contribution in [0.5, 0.6) is 0 Å². The highest BCUT2D eigenvalue weighted by Gasteiger charge is 2.21. The summed E-state index contributed by atoms with van der Waals surface area (Å²) in [5.41, 5.74) is 0.748. The minimum absolute atomic E-state index is 0.103. The molecule has 3 aromatic rings. The molecule has 0 aliphatic rings. The molecule has 0 saturated carbocycles. The van der Waals surface area contributed by atoms with Crippen molar-refractivity contribution in [3.05, 3.63) is 79.4 Å². The third-order valence-electron chi connectivity index (χ3n) is 3.99. The summed E-state index contributed by atoms with van der Waals surface area (Å²) < 4.78 is 1.54. The van der Waals surface area contributed by atoms with Crippen LogP contribution < -0.4 is 5.43 Å². The lowest BCUT2D eigenvalue weighted by Crippen LogP contribution is -2.35. The fourth-order valence-corrected chi connectivity index (χ4v) is 3.57. The molecule has 0 atom stereocenters. The molecule has 0 bridgehead atoms. The lowest BCUT2D eigenvalue weighted by atomic mass is 10.2. The van der Waals surface area contributed by atoms with Gasteiger partial charge in [-0.1, -0.05) is 29.8 Å². The van der Waals surface area contributed by atoms with E-state index in [4.69, 9.17) is 11.6 Å². The lowest BCUT2D eigenvalue weighted by molar-refractivity contribution is 0.0744. The summed E-state index contributed by atoms with van der Waals surface area (Å²) in [6.07, 6.45) is 0. The van der Waals surface area contributed by atoms with Gasteiger partial charge >= 0.3 is 0 Å². The fourth-order valence-electron chi connectivity index (χ4n) is 2.63. The Labute approximate surface area is 160 Å². The number of thiophene rings is 1. The molecule has 0 saturated heterocycles. The third-order valence-corrected chi connectivity index (χ3v) is 5.17. The number of halogens is 1.